The zero-order chi connectivity index (χ0) is 14.2. The van der Waals surface area contributed by atoms with E-state index in [-0.39, 0.29) is 18.2 Å². The summed E-state index contributed by atoms with van der Waals surface area (Å²) >= 11 is 0. The van der Waals surface area contributed by atoms with E-state index >= 15 is 0 Å². The van der Waals surface area contributed by atoms with Crippen LogP contribution in [0.1, 0.15) is 11.7 Å². The fourth-order valence-electron chi connectivity index (χ4n) is 1.77. The van der Waals surface area contributed by atoms with Gasteiger partial charge in [0.05, 0.1) is 17.6 Å². The lowest BCUT2D eigenvalue weighted by Crippen LogP contribution is -2.23. The fourth-order valence-corrected chi connectivity index (χ4v) is 2.76. The summed E-state index contributed by atoms with van der Waals surface area (Å²) in [5.74, 6) is 1.89. The van der Waals surface area contributed by atoms with E-state index in [0.29, 0.717) is 23.1 Å². The van der Waals surface area contributed by atoms with Gasteiger partial charge in [-0.15, -0.1) is 0 Å². The summed E-state index contributed by atoms with van der Waals surface area (Å²) < 4.78 is 42.2. The minimum absolute atomic E-state index is 0.00931. The number of fused-ring (bicyclic) bond motifs is 1. The Morgan fingerprint density at radius 3 is 2.85 bits per heavy atom. The van der Waals surface area contributed by atoms with E-state index in [9.17, 15) is 8.42 Å². The number of hydrogen-bond donors (Lipinski definition) is 1. The molecule has 0 spiro atoms. The molecule has 106 valence electrons. The van der Waals surface area contributed by atoms with Crippen LogP contribution in [0.5, 0.6) is 11.5 Å². The number of benzene rings is 1. The molecule has 8 heteroatoms. The molecule has 0 radical (unpaired) electrons. The molecule has 0 unspecified atom stereocenters. The van der Waals surface area contributed by atoms with Gasteiger partial charge in [-0.2, -0.15) is 0 Å². The van der Waals surface area contributed by atoms with Crippen LogP contribution in [0.25, 0.3) is 0 Å². The minimum atomic E-state index is -3.66. The van der Waals surface area contributed by atoms with Crippen LogP contribution >= 0.6 is 0 Å². The smallest absolute Gasteiger partial charge is 0.241 e. The highest BCUT2D eigenvalue weighted by Gasteiger charge is 2.20. The molecule has 3 rings (SSSR count). The lowest BCUT2D eigenvalue weighted by molar-refractivity contribution is 0.174. The maximum Gasteiger partial charge on any atom is 0.241 e. The van der Waals surface area contributed by atoms with Crippen LogP contribution in [0, 0.1) is 6.92 Å². The van der Waals surface area contributed by atoms with Crippen molar-refractivity contribution in [1.82, 2.24) is 9.71 Å². The molecule has 2 heterocycles. The maximum atomic E-state index is 12.1. The number of sulfonamides is 1. The Balaban J connectivity index is 1.78. The van der Waals surface area contributed by atoms with Crippen molar-refractivity contribution in [2.75, 3.05) is 6.79 Å². The summed E-state index contributed by atoms with van der Waals surface area (Å²) in [6.07, 6.45) is 1.53. The maximum absolute atomic E-state index is 12.1. The van der Waals surface area contributed by atoms with Gasteiger partial charge < -0.3 is 13.9 Å². The second-order valence-electron chi connectivity index (χ2n) is 4.20. The summed E-state index contributed by atoms with van der Waals surface area (Å²) in [6.45, 7) is 1.83. The lowest BCUT2D eigenvalue weighted by atomic mass is 10.3. The highest BCUT2D eigenvalue weighted by molar-refractivity contribution is 7.89. The third-order valence-corrected chi connectivity index (χ3v) is 4.14. The number of ether oxygens (including phenoxy) is 2. The van der Waals surface area contributed by atoms with Crippen LogP contribution in [-0.4, -0.2) is 20.2 Å². The van der Waals surface area contributed by atoms with Gasteiger partial charge in [-0.1, -0.05) is 0 Å². The zero-order valence-electron chi connectivity index (χ0n) is 10.6. The summed E-state index contributed by atoms with van der Waals surface area (Å²) in [7, 11) is -3.66. The second-order valence-corrected chi connectivity index (χ2v) is 5.97. The van der Waals surface area contributed by atoms with E-state index < -0.39 is 10.0 Å². The molecular weight excluding hydrogens is 284 g/mol. The highest BCUT2D eigenvalue weighted by Crippen LogP contribution is 2.33. The SMILES string of the molecule is Cc1cnc(CNS(=O)(=O)c2ccc3c(c2)OCO3)o1. The first kappa shape index (κ1) is 12.9. The molecule has 0 aliphatic carbocycles. The van der Waals surface area contributed by atoms with Gasteiger partial charge in [0.1, 0.15) is 5.76 Å². The van der Waals surface area contributed by atoms with Crippen molar-refractivity contribution >= 4 is 10.0 Å². The van der Waals surface area contributed by atoms with Gasteiger partial charge in [0, 0.05) is 6.07 Å². The van der Waals surface area contributed by atoms with E-state index in [2.05, 4.69) is 9.71 Å². The second kappa shape index (κ2) is 4.80. The molecule has 1 aliphatic rings. The Bertz CT molecular complexity index is 738. The van der Waals surface area contributed by atoms with E-state index in [1.165, 1.54) is 18.3 Å². The Kier molecular flexibility index (Phi) is 3.11. The van der Waals surface area contributed by atoms with Crippen LogP contribution in [0.3, 0.4) is 0 Å². The molecule has 1 aromatic heterocycles. The van der Waals surface area contributed by atoms with Crippen LogP contribution in [0.2, 0.25) is 0 Å². The molecule has 7 nitrogen and oxygen atoms in total. The number of oxazole rings is 1. The topological polar surface area (TPSA) is 90.7 Å². The number of rotatable bonds is 4. The quantitative estimate of drug-likeness (QED) is 0.911. The monoisotopic (exact) mass is 296 g/mol. The lowest BCUT2D eigenvalue weighted by Gasteiger charge is -2.05. The van der Waals surface area contributed by atoms with Gasteiger partial charge in [-0.05, 0) is 19.1 Å². The zero-order valence-corrected chi connectivity index (χ0v) is 11.4. The Morgan fingerprint density at radius 1 is 1.30 bits per heavy atom. The molecule has 0 saturated carbocycles. The highest BCUT2D eigenvalue weighted by atomic mass is 32.2. The summed E-state index contributed by atoms with van der Waals surface area (Å²) in [4.78, 5) is 4.03. The molecule has 20 heavy (non-hydrogen) atoms. The molecule has 0 saturated heterocycles. The average Bonchev–Trinajstić information content (AvgIpc) is 3.04. The van der Waals surface area contributed by atoms with Gasteiger partial charge in [0.2, 0.25) is 22.7 Å². The van der Waals surface area contributed by atoms with Gasteiger partial charge >= 0.3 is 0 Å². The molecule has 1 aromatic carbocycles. The molecule has 0 fully saturated rings. The van der Waals surface area contributed by atoms with E-state index in [0.717, 1.165) is 0 Å². The van der Waals surface area contributed by atoms with Crippen LogP contribution in [-0.2, 0) is 16.6 Å². The van der Waals surface area contributed by atoms with Crippen molar-refractivity contribution in [2.45, 2.75) is 18.4 Å². The molecule has 0 amide bonds. The molecule has 2 aromatic rings. The fraction of sp³-hybridized carbons (Fsp3) is 0.250. The number of hydrogen-bond acceptors (Lipinski definition) is 6. The first-order valence-electron chi connectivity index (χ1n) is 5.85. The first-order chi connectivity index (χ1) is 9.54. The summed E-state index contributed by atoms with van der Waals surface area (Å²) in [5.41, 5.74) is 0. The average molecular weight is 296 g/mol. The predicted octanol–water partition coefficient (Wildman–Crippen LogP) is 1.19. The summed E-state index contributed by atoms with van der Waals surface area (Å²) in [5, 5.41) is 0. The van der Waals surface area contributed by atoms with Crippen molar-refractivity contribution in [3.63, 3.8) is 0 Å². The van der Waals surface area contributed by atoms with Crippen molar-refractivity contribution in [3.8, 4) is 11.5 Å². The van der Waals surface area contributed by atoms with Gasteiger partial charge in [-0.25, -0.2) is 18.1 Å². The number of aromatic nitrogens is 1. The largest absolute Gasteiger partial charge is 0.454 e. The number of aryl methyl sites for hydroxylation is 1. The molecule has 0 atom stereocenters. The van der Waals surface area contributed by atoms with Crippen molar-refractivity contribution < 1.29 is 22.3 Å². The molecule has 1 N–H and O–H groups in total. The normalized spacial score (nSPS) is 13.7. The van der Waals surface area contributed by atoms with E-state index in [4.69, 9.17) is 13.9 Å². The van der Waals surface area contributed by atoms with Gasteiger partial charge in [-0.3, -0.25) is 0 Å². The standard InChI is InChI=1S/C12H12N2O5S/c1-8-5-13-12(19-8)6-14-20(15,16)9-2-3-10-11(4-9)18-7-17-10/h2-5,14H,6-7H2,1H3. The number of nitrogens with one attached hydrogen (secondary N) is 1. The molecule has 1 aliphatic heterocycles. The third-order valence-electron chi connectivity index (χ3n) is 2.74. The third kappa shape index (κ3) is 2.47. The van der Waals surface area contributed by atoms with Crippen LogP contribution < -0.4 is 14.2 Å². The van der Waals surface area contributed by atoms with Crippen LogP contribution in [0.4, 0.5) is 0 Å². The first-order valence-corrected chi connectivity index (χ1v) is 7.33. The van der Waals surface area contributed by atoms with Crippen molar-refractivity contribution in [1.29, 1.82) is 0 Å². The van der Waals surface area contributed by atoms with Crippen molar-refractivity contribution in [3.05, 3.63) is 36.0 Å². The molecular formula is C12H12N2O5S. The Labute approximate surface area is 115 Å². The van der Waals surface area contributed by atoms with Crippen LogP contribution in [0.15, 0.2) is 33.7 Å². The van der Waals surface area contributed by atoms with Gasteiger partial charge in [0.15, 0.2) is 11.5 Å². The van der Waals surface area contributed by atoms with E-state index in [1.54, 1.807) is 13.0 Å². The predicted molar refractivity (Wildman–Crippen MR) is 67.8 cm³/mol. The van der Waals surface area contributed by atoms with E-state index in [1.807, 2.05) is 0 Å². The molecule has 0 bridgehead atoms. The minimum Gasteiger partial charge on any atom is -0.454 e. The summed E-state index contributed by atoms with van der Waals surface area (Å²) in [6, 6.07) is 4.44. The Morgan fingerprint density at radius 2 is 2.10 bits per heavy atom. The van der Waals surface area contributed by atoms with Gasteiger partial charge in [0.25, 0.3) is 0 Å². The Hall–Kier alpha value is -2.06. The number of nitrogens with zero attached hydrogens (tertiary/aromatic N) is 1. The van der Waals surface area contributed by atoms with Crippen molar-refractivity contribution in [2.24, 2.45) is 0 Å².